The minimum Gasteiger partial charge on any atom is -0.486 e. The van der Waals surface area contributed by atoms with E-state index in [0.717, 1.165) is 48.7 Å². The molecule has 0 bridgehead atoms. The van der Waals surface area contributed by atoms with Crippen molar-refractivity contribution in [1.29, 1.82) is 0 Å². The molecule has 0 spiro atoms. The van der Waals surface area contributed by atoms with Gasteiger partial charge in [-0.1, -0.05) is 18.5 Å². The van der Waals surface area contributed by atoms with Crippen LogP contribution in [0.3, 0.4) is 0 Å². The largest absolute Gasteiger partial charge is 0.486 e. The Labute approximate surface area is 113 Å². The fourth-order valence-corrected chi connectivity index (χ4v) is 2.66. The second-order valence-corrected chi connectivity index (χ2v) is 4.85. The van der Waals surface area contributed by atoms with Crippen molar-refractivity contribution in [3.05, 3.63) is 22.2 Å². The lowest BCUT2D eigenvalue weighted by atomic mass is 9.98. The zero-order chi connectivity index (χ0) is 13.0. The molecule has 0 saturated carbocycles. The van der Waals surface area contributed by atoms with Crippen LogP contribution in [0.4, 0.5) is 0 Å². The monoisotopic (exact) mass is 269 g/mol. The average molecular weight is 270 g/mol. The van der Waals surface area contributed by atoms with Gasteiger partial charge in [0.1, 0.15) is 13.2 Å². The fraction of sp³-hybridized carbons (Fsp3) is 0.571. The number of benzene rings is 1. The fourth-order valence-electron chi connectivity index (χ4n) is 2.35. The summed E-state index contributed by atoms with van der Waals surface area (Å²) in [6.45, 7) is 4.06. The van der Waals surface area contributed by atoms with Crippen LogP contribution >= 0.6 is 11.6 Å². The molecule has 3 nitrogen and oxygen atoms in total. The Hall–Kier alpha value is -0.930. The number of hydrogen-bond donors (Lipinski definition) is 1. The highest BCUT2D eigenvalue weighted by molar-refractivity contribution is 6.31. The van der Waals surface area contributed by atoms with E-state index in [2.05, 4.69) is 6.92 Å². The van der Waals surface area contributed by atoms with Gasteiger partial charge in [0.15, 0.2) is 11.5 Å². The molecule has 2 rings (SSSR count). The van der Waals surface area contributed by atoms with Gasteiger partial charge in [-0.3, -0.25) is 0 Å². The van der Waals surface area contributed by atoms with Gasteiger partial charge < -0.3 is 15.2 Å². The summed E-state index contributed by atoms with van der Waals surface area (Å²) in [5.41, 5.74) is 7.92. The van der Waals surface area contributed by atoms with Crippen LogP contribution in [0.15, 0.2) is 6.07 Å². The van der Waals surface area contributed by atoms with Crippen molar-refractivity contribution in [3.63, 3.8) is 0 Å². The smallest absolute Gasteiger partial charge is 0.164 e. The molecule has 100 valence electrons. The molecule has 18 heavy (non-hydrogen) atoms. The third kappa shape index (κ3) is 2.73. The first kappa shape index (κ1) is 13.5. The first-order valence-electron chi connectivity index (χ1n) is 6.57. The van der Waals surface area contributed by atoms with Crippen molar-refractivity contribution in [2.75, 3.05) is 19.8 Å². The van der Waals surface area contributed by atoms with Gasteiger partial charge in [0.2, 0.25) is 0 Å². The minimum absolute atomic E-state index is 0.596. The van der Waals surface area contributed by atoms with Crippen molar-refractivity contribution < 1.29 is 9.47 Å². The van der Waals surface area contributed by atoms with E-state index < -0.39 is 0 Å². The maximum Gasteiger partial charge on any atom is 0.164 e. The molecule has 1 aromatic carbocycles. The van der Waals surface area contributed by atoms with E-state index in [9.17, 15) is 0 Å². The summed E-state index contributed by atoms with van der Waals surface area (Å²) in [6, 6.07) is 1.88. The Balaban J connectivity index is 2.32. The van der Waals surface area contributed by atoms with Crippen LogP contribution in [0.25, 0.3) is 0 Å². The molecule has 0 saturated heterocycles. The predicted octanol–water partition coefficient (Wildman–Crippen LogP) is 2.96. The molecule has 1 aliphatic rings. The van der Waals surface area contributed by atoms with E-state index >= 15 is 0 Å². The van der Waals surface area contributed by atoms with Crippen LogP contribution in [-0.4, -0.2) is 19.8 Å². The van der Waals surface area contributed by atoms with E-state index in [1.54, 1.807) is 0 Å². The van der Waals surface area contributed by atoms with Crippen molar-refractivity contribution in [2.24, 2.45) is 5.73 Å². The Morgan fingerprint density at radius 2 is 2.00 bits per heavy atom. The highest BCUT2D eigenvalue weighted by Crippen LogP contribution is 2.40. The lowest BCUT2D eigenvalue weighted by Gasteiger charge is -2.23. The normalized spacial score (nSPS) is 13.7. The standard InChI is InChI=1S/C14H20ClNO2/c1-2-10-11(5-3-4-6-16)12(15)9-13-14(10)18-8-7-17-13/h9H,2-8,16H2,1H3. The number of nitrogens with two attached hydrogens (primary N) is 1. The summed E-state index contributed by atoms with van der Waals surface area (Å²) >= 11 is 6.36. The van der Waals surface area contributed by atoms with Crippen LogP contribution in [0.5, 0.6) is 11.5 Å². The zero-order valence-electron chi connectivity index (χ0n) is 10.8. The topological polar surface area (TPSA) is 44.5 Å². The molecule has 1 heterocycles. The molecular formula is C14H20ClNO2. The van der Waals surface area contributed by atoms with E-state index in [1.807, 2.05) is 6.07 Å². The Bertz CT molecular complexity index is 421. The lowest BCUT2D eigenvalue weighted by molar-refractivity contribution is 0.170. The molecule has 0 amide bonds. The van der Waals surface area contributed by atoms with Gasteiger partial charge in [-0.15, -0.1) is 0 Å². The Kier molecular flexibility index (Phi) is 4.72. The van der Waals surface area contributed by atoms with Crippen molar-refractivity contribution in [3.8, 4) is 11.5 Å². The third-order valence-electron chi connectivity index (χ3n) is 3.23. The number of fused-ring (bicyclic) bond motifs is 1. The summed E-state index contributed by atoms with van der Waals surface area (Å²) in [5, 5.41) is 0.785. The van der Waals surface area contributed by atoms with Crippen molar-refractivity contribution >= 4 is 11.6 Å². The van der Waals surface area contributed by atoms with E-state index in [-0.39, 0.29) is 0 Å². The van der Waals surface area contributed by atoms with Gasteiger partial charge in [-0.25, -0.2) is 0 Å². The van der Waals surface area contributed by atoms with E-state index in [0.29, 0.717) is 13.2 Å². The average Bonchev–Trinajstić information content (AvgIpc) is 2.39. The molecule has 0 atom stereocenters. The summed E-state index contributed by atoms with van der Waals surface area (Å²) in [5.74, 6) is 1.67. The van der Waals surface area contributed by atoms with E-state index in [1.165, 1.54) is 11.1 Å². The first-order chi connectivity index (χ1) is 8.77. The van der Waals surface area contributed by atoms with Gasteiger partial charge in [0.05, 0.1) is 0 Å². The van der Waals surface area contributed by atoms with Crippen LogP contribution in [0.2, 0.25) is 5.02 Å². The third-order valence-corrected chi connectivity index (χ3v) is 3.57. The molecule has 0 radical (unpaired) electrons. The van der Waals surface area contributed by atoms with Gasteiger partial charge in [-0.2, -0.15) is 0 Å². The highest BCUT2D eigenvalue weighted by atomic mass is 35.5. The molecule has 4 heteroatoms. The minimum atomic E-state index is 0.596. The molecule has 0 fully saturated rings. The molecule has 1 aliphatic heterocycles. The molecule has 0 aromatic heterocycles. The van der Waals surface area contributed by atoms with Crippen LogP contribution in [0, 0.1) is 0 Å². The van der Waals surface area contributed by atoms with Crippen LogP contribution < -0.4 is 15.2 Å². The number of ether oxygens (including phenoxy) is 2. The summed E-state index contributed by atoms with van der Waals surface area (Å²) < 4.78 is 11.3. The summed E-state index contributed by atoms with van der Waals surface area (Å²) in [6.07, 6.45) is 3.94. The quantitative estimate of drug-likeness (QED) is 0.836. The Morgan fingerprint density at radius 1 is 1.22 bits per heavy atom. The van der Waals surface area contributed by atoms with E-state index in [4.69, 9.17) is 26.8 Å². The Morgan fingerprint density at radius 3 is 2.72 bits per heavy atom. The first-order valence-corrected chi connectivity index (χ1v) is 6.95. The number of hydrogen-bond acceptors (Lipinski definition) is 3. The maximum absolute atomic E-state index is 6.36. The van der Waals surface area contributed by atoms with Gasteiger partial charge >= 0.3 is 0 Å². The van der Waals surface area contributed by atoms with Crippen LogP contribution in [-0.2, 0) is 12.8 Å². The lowest BCUT2D eigenvalue weighted by Crippen LogP contribution is -2.17. The summed E-state index contributed by atoms with van der Waals surface area (Å²) in [4.78, 5) is 0. The maximum atomic E-state index is 6.36. The molecule has 0 unspecified atom stereocenters. The van der Waals surface area contributed by atoms with Gasteiger partial charge in [0.25, 0.3) is 0 Å². The number of unbranched alkanes of at least 4 members (excludes halogenated alkanes) is 1. The number of rotatable bonds is 5. The van der Waals surface area contributed by atoms with Gasteiger partial charge in [0, 0.05) is 16.7 Å². The van der Waals surface area contributed by atoms with Gasteiger partial charge in [-0.05, 0) is 37.8 Å². The molecule has 1 aromatic rings. The zero-order valence-corrected chi connectivity index (χ0v) is 11.6. The molecule has 0 aliphatic carbocycles. The van der Waals surface area contributed by atoms with Crippen molar-refractivity contribution in [1.82, 2.24) is 0 Å². The molecule has 2 N–H and O–H groups in total. The number of halogens is 1. The summed E-state index contributed by atoms with van der Waals surface area (Å²) in [7, 11) is 0. The second-order valence-electron chi connectivity index (χ2n) is 4.44. The highest BCUT2D eigenvalue weighted by Gasteiger charge is 2.20. The SMILES string of the molecule is CCc1c(CCCCN)c(Cl)cc2c1OCCO2. The second kappa shape index (κ2) is 6.30. The van der Waals surface area contributed by atoms with Crippen molar-refractivity contribution in [2.45, 2.75) is 32.6 Å². The predicted molar refractivity (Wildman–Crippen MR) is 73.8 cm³/mol. The van der Waals surface area contributed by atoms with Crippen LogP contribution in [0.1, 0.15) is 30.9 Å². The molecular weight excluding hydrogens is 250 g/mol.